The third-order valence-electron chi connectivity index (χ3n) is 4.93. The number of hydrogen-bond donors (Lipinski definition) is 0. The van der Waals surface area contributed by atoms with Crippen LogP contribution in [-0.4, -0.2) is 19.6 Å². The van der Waals surface area contributed by atoms with Gasteiger partial charge < -0.3 is 4.74 Å². The van der Waals surface area contributed by atoms with Gasteiger partial charge in [-0.25, -0.2) is 23.3 Å². The summed E-state index contributed by atoms with van der Waals surface area (Å²) in [7, 11) is 0. The Kier molecular flexibility index (Phi) is 3.82. The van der Waals surface area contributed by atoms with Crippen molar-refractivity contribution in [2.24, 2.45) is 5.92 Å². The van der Waals surface area contributed by atoms with Gasteiger partial charge in [0.1, 0.15) is 23.6 Å². The summed E-state index contributed by atoms with van der Waals surface area (Å²) in [6, 6.07) is 3.21. The Morgan fingerprint density at radius 3 is 3.07 bits per heavy atom. The van der Waals surface area contributed by atoms with Gasteiger partial charge in [-0.2, -0.15) is 0 Å². The summed E-state index contributed by atoms with van der Waals surface area (Å²) >= 11 is 1.73. The Bertz CT molecular complexity index is 1170. The van der Waals surface area contributed by atoms with E-state index in [-0.39, 0.29) is 12.4 Å². The zero-order valence-electron chi connectivity index (χ0n) is 14.6. The summed E-state index contributed by atoms with van der Waals surface area (Å²) in [6.07, 6.45) is 4.92. The maximum atomic E-state index is 13.7. The first-order chi connectivity index (χ1) is 13.1. The van der Waals surface area contributed by atoms with Crippen molar-refractivity contribution in [2.75, 3.05) is 0 Å². The van der Waals surface area contributed by atoms with E-state index in [4.69, 9.17) is 4.74 Å². The third-order valence-corrected chi connectivity index (χ3v) is 6.09. The largest absolute Gasteiger partial charge is 0.482 e. The standard InChI is InChI=1S/C19H16F2N4OS/c1-10-2-4-12-15(6-10)27-19-17(12)18-23-16(24-25(18)9-22-19)8-26-14-5-3-11(20)7-13(14)21/h3,5,7,9-10H,2,4,6,8H2,1H3. The Morgan fingerprint density at radius 2 is 2.22 bits per heavy atom. The van der Waals surface area contributed by atoms with Gasteiger partial charge in [-0.15, -0.1) is 16.4 Å². The number of halogens is 2. The van der Waals surface area contributed by atoms with Crippen molar-refractivity contribution < 1.29 is 13.5 Å². The van der Waals surface area contributed by atoms with E-state index >= 15 is 0 Å². The summed E-state index contributed by atoms with van der Waals surface area (Å²) in [6.45, 7) is 2.27. The van der Waals surface area contributed by atoms with Crippen LogP contribution in [0.4, 0.5) is 8.78 Å². The predicted octanol–water partition coefficient (Wildman–Crippen LogP) is 4.32. The first-order valence-electron chi connectivity index (χ1n) is 8.81. The molecule has 1 aliphatic carbocycles. The van der Waals surface area contributed by atoms with Crippen LogP contribution < -0.4 is 4.74 Å². The molecule has 5 nitrogen and oxygen atoms in total. The molecule has 3 aromatic heterocycles. The third kappa shape index (κ3) is 2.84. The maximum absolute atomic E-state index is 13.7. The molecule has 1 aromatic carbocycles. The molecule has 4 aromatic rings. The van der Waals surface area contributed by atoms with Crippen LogP contribution in [0.1, 0.15) is 29.6 Å². The SMILES string of the molecule is CC1CCc2c(sc3ncn4nc(COc5ccc(F)cc5F)nc4c23)C1. The molecule has 0 saturated heterocycles. The van der Waals surface area contributed by atoms with Gasteiger partial charge in [0.15, 0.2) is 23.0 Å². The highest BCUT2D eigenvalue weighted by Gasteiger charge is 2.23. The molecule has 3 heterocycles. The van der Waals surface area contributed by atoms with Crippen LogP contribution in [0.15, 0.2) is 24.5 Å². The molecule has 0 aliphatic heterocycles. The van der Waals surface area contributed by atoms with Gasteiger partial charge in [0, 0.05) is 10.9 Å². The number of hydrogen-bond acceptors (Lipinski definition) is 5. The summed E-state index contributed by atoms with van der Waals surface area (Å²) in [5.41, 5.74) is 2.08. The number of rotatable bonds is 3. The van der Waals surface area contributed by atoms with Crippen LogP contribution in [-0.2, 0) is 19.4 Å². The lowest BCUT2D eigenvalue weighted by atomic mass is 9.89. The number of nitrogens with zero attached hydrogens (tertiary/aromatic N) is 4. The van der Waals surface area contributed by atoms with Gasteiger partial charge in [-0.3, -0.25) is 0 Å². The normalized spacial score (nSPS) is 16.8. The number of benzene rings is 1. The van der Waals surface area contributed by atoms with Crippen molar-refractivity contribution >= 4 is 27.2 Å². The minimum Gasteiger partial charge on any atom is -0.482 e. The maximum Gasteiger partial charge on any atom is 0.189 e. The minimum absolute atomic E-state index is 0.00487. The van der Waals surface area contributed by atoms with Gasteiger partial charge in [0.2, 0.25) is 0 Å². The fourth-order valence-corrected chi connectivity index (χ4v) is 4.92. The number of aryl methyl sites for hydroxylation is 1. The molecule has 5 rings (SSSR count). The molecule has 0 spiro atoms. The highest BCUT2D eigenvalue weighted by atomic mass is 32.1. The summed E-state index contributed by atoms with van der Waals surface area (Å²) in [5.74, 6) is -0.300. The lowest BCUT2D eigenvalue weighted by Gasteiger charge is -2.17. The monoisotopic (exact) mass is 386 g/mol. The summed E-state index contributed by atoms with van der Waals surface area (Å²) < 4.78 is 33.8. The fourth-order valence-electron chi connectivity index (χ4n) is 3.58. The summed E-state index contributed by atoms with van der Waals surface area (Å²) in [5, 5.41) is 5.46. The molecule has 0 amide bonds. The Morgan fingerprint density at radius 1 is 1.33 bits per heavy atom. The van der Waals surface area contributed by atoms with Crippen molar-refractivity contribution in [1.29, 1.82) is 0 Å². The second-order valence-corrected chi connectivity index (χ2v) is 8.02. The van der Waals surface area contributed by atoms with Crippen LogP contribution in [0.5, 0.6) is 5.75 Å². The van der Waals surface area contributed by atoms with Gasteiger partial charge in [-0.1, -0.05) is 6.92 Å². The van der Waals surface area contributed by atoms with E-state index < -0.39 is 11.6 Å². The molecule has 27 heavy (non-hydrogen) atoms. The quantitative estimate of drug-likeness (QED) is 0.526. The zero-order chi connectivity index (χ0) is 18.5. The van der Waals surface area contributed by atoms with Crippen LogP contribution in [0, 0.1) is 17.6 Å². The topological polar surface area (TPSA) is 52.3 Å². The van der Waals surface area contributed by atoms with Crippen LogP contribution in [0.25, 0.3) is 15.9 Å². The van der Waals surface area contributed by atoms with E-state index in [2.05, 4.69) is 22.0 Å². The van der Waals surface area contributed by atoms with Gasteiger partial charge in [-0.05, 0) is 42.9 Å². The number of ether oxygens (including phenoxy) is 1. The second kappa shape index (κ2) is 6.23. The average molecular weight is 386 g/mol. The molecule has 0 radical (unpaired) electrons. The molecule has 1 unspecified atom stereocenters. The number of fused-ring (bicyclic) bond motifs is 5. The van der Waals surface area contributed by atoms with E-state index in [0.717, 1.165) is 47.3 Å². The molecule has 0 saturated carbocycles. The summed E-state index contributed by atoms with van der Waals surface area (Å²) in [4.78, 5) is 11.5. The van der Waals surface area contributed by atoms with Crippen molar-refractivity contribution in [3.63, 3.8) is 0 Å². The van der Waals surface area contributed by atoms with Gasteiger partial charge in [0.25, 0.3) is 0 Å². The van der Waals surface area contributed by atoms with E-state index in [1.165, 1.54) is 16.5 Å². The van der Waals surface area contributed by atoms with E-state index in [9.17, 15) is 8.78 Å². The molecule has 0 fully saturated rings. The minimum atomic E-state index is -0.746. The lowest BCUT2D eigenvalue weighted by Crippen LogP contribution is -2.08. The number of thiophene rings is 1. The molecule has 1 atom stereocenters. The first-order valence-corrected chi connectivity index (χ1v) is 9.62. The van der Waals surface area contributed by atoms with Crippen LogP contribution >= 0.6 is 11.3 Å². The van der Waals surface area contributed by atoms with Crippen molar-refractivity contribution in [1.82, 2.24) is 19.6 Å². The number of aromatic nitrogens is 4. The molecule has 138 valence electrons. The Hall–Kier alpha value is -2.61. The molecule has 1 aliphatic rings. The van der Waals surface area contributed by atoms with Crippen LogP contribution in [0.2, 0.25) is 0 Å². The van der Waals surface area contributed by atoms with Gasteiger partial charge >= 0.3 is 0 Å². The van der Waals surface area contributed by atoms with E-state index in [0.29, 0.717) is 11.7 Å². The first kappa shape index (κ1) is 16.6. The molecule has 8 heteroatoms. The van der Waals surface area contributed by atoms with Crippen LogP contribution in [0.3, 0.4) is 0 Å². The Labute approximate surface area is 157 Å². The smallest absolute Gasteiger partial charge is 0.189 e. The lowest BCUT2D eigenvalue weighted by molar-refractivity contribution is 0.280. The van der Waals surface area contributed by atoms with Crippen molar-refractivity contribution in [2.45, 2.75) is 32.8 Å². The molecule has 0 N–H and O–H groups in total. The van der Waals surface area contributed by atoms with Gasteiger partial charge in [0.05, 0.1) is 5.39 Å². The average Bonchev–Trinajstić information content (AvgIpc) is 3.20. The molecule has 0 bridgehead atoms. The highest BCUT2D eigenvalue weighted by molar-refractivity contribution is 7.19. The fraction of sp³-hybridized carbons (Fsp3) is 0.316. The predicted molar refractivity (Wildman–Crippen MR) is 98.0 cm³/mol. The highest BCUT2D eigenvalue weighted by Crippen LogP contribution is 2.38. The zero-order valence-corrected chi connectivity index (χ0v) is 15.4. The van der Waals surface area contributed by atoms with E-state index in [1.54, 1.807) is 22.2 Å². The molecular formula is C19H16F2N4OS. The van der Waals surface area contributed by atoms with Crippen molar-refractivity contribution in [3.8, 4) is 5.75 Å². The second-order valence-electron chi connectivity index (χ2n) is 6.94. The Balaban J connectivity index is 1.50. The molecular weight excluding hydrogens is 370 g/mol. The van der Waals surface area contributed by atoms with E-state index in [1.807, 2.05) is 0 Å². The van der Waals surface area contributed by atoms with Crippen molar-refractivity contribution in [3.05, 3.63) is 52.4 Å².